The summed E-state index contributed by atoms with van der Waals surface area (Å²) in [5.74, 6) is 0.853. The summed E-state index contributed by atoms with van der Waals surface area (Å²) in [5, 5.41) is 3.86. The maximum Gasteiger partial charge on any atom is 0.0597 e. The van der Waals surface area contributed by atoms with Gasteiger partial charge in [0.2, 0.25) is 0 Å². The first-order valence-electron chi connectivity index (χ1n) is 9.43. The van der Waals surface area contributed by atoms with Crippen molar-refractivity contribution in [3.63, 3.8) is 0 Å². The van der Waals surface area contributed by atoms with Crippen LogP contribution in [0.25, 0.3) is 0 Å². The highest BCUT2D eigenvalue weighted by Gasteiger charge is 2.45. The van der Waals surface area contributed by atoms with Gasteiger partial charge in [-0.25, -0.2) is 0 Å². The fourth-order valence-corrected chi connectivity index (χ4v) is 4.69. The smallest absolute Gasteiger partial charge is 0.0597 e. The third-order valence-corrected chi connectivity index (χ3v) is 5.87. The van der Waals surface area contributed by atoms with Crippen LogP contribution in [0.1, 0.15) is 90.9 Å². The van der Waals surface area contributed by atoms with Gasteiger partial charge in [0, 0.05) is 11.5 Å². The average molecular weight is 290 g/mol. The van der Waals surface area contributed by atoms with Crippen LogP contribution >= 0.6 is 0 Å². The van der Waals surface area contributed by atoms with E-state index in [-0.39, 0.29) is 0 Å². The van der Waals surface area contributed by atoms with Gasteiger partial charge in [0.05, 0.1) is 5.70 Å². The highest BCUT2D eigenvalue weighted by atomic mass is 15.0. The maximum atomic E-state index is 3.98. The van der Waals surface area contributed by atoms with Gasteiger partial charge in [-0.05, 0) is 38.0 Å². The normalized spacial score (nSPS) is 25.6. The molecule has 1 nitrogen and oxygen atoms in total. The second-order valence-electron chi connectivity index (χ2n) is 7.39. The first-order valence-corrected chi connectivity index (χ1v) is 9.43. The summed E-state index contributed by atoms with van der Waals surface area (Å²) in [7, 11) is 0. The summed E-state index contributed by atoms with van der Waals surface area (Å²) >= 11 is 0. The van der Waals surface area contributed by atoms with Crippen molar-refractivity contribution in [3.05, 3.63) is 18.0 Å². The van der Waals surface area contributed by atoms with Crippen molar-refractivity contribution in [2.24, 2.45) is 11.3 Å². The Hall–Kier alpha value is -0.680. The van der Waals surface area contributed by atoms with E-state index in [0.29, 0.717) is 11.5 Å². The van der Waals surface area contributed by atoms with Crippen LogP contribution in [0.4, 0.5) is 0 Å². The lowest BCUT2D eigenvalue weighted by Gasteiger charge is -2.33. The highest BCUT2D eigenvalue weighted by molar-refractivity contribution is 5.20. The average Bonchev–Trinajstić information content (AvgIpc) is 2.85. The van der Waals surface area contributed by atoms with Crippen molar-refractivity contribution >= 4 is 0 Å². The minimum Gasteiger partial charge on any atom is -0.379 e. The van der Waals surface area contributed by atoms with Crippen LogP contribution in [0.15, 0.2) is 18.0 Å². The minimum atomic E-state index is 0.418. The van der Waals surface area contributed by atoms with Gasteiger partial charge in [-0.3, -0.25) is 0 Å². The Morgan fingerprint density at radius 1 is 1.14 bits per heavy atom. The summed E-state index contributed by atoms with van der Waals surface area (Å²) in [6, 6.07) is 0.684. The zero-order valence-corrected chi connectivity index (χ0v) is 14.3. The molecule has 0 aromatic heterocycles. The molecule has 0 amide bonds. The van der Waals surface area contributed by atoms with Gasteiger partial charge in [-0.1, -0.05) is 65.4 Å². The van der Waals surface area contributed by atoms with E-state index in [2.05, 4.69) is 31.5 Å². The fraction of sp³-hybridized carbons (Fsp3) is 0.850. The molecular formula is C20H35N. The second kappa shape index (κ2) is 8.08. The summed E-state index contributed by atoms with van der Waals surface area (Å²) in [6.45, 7) is 8.62. The van der Waals surface area contributed by atoms with Crippen molar-refractivity contribution in [2.45, 2.75) is 96.9 Å². The van der Waals surface area contributed by atoms with Gasteiger partial charge >= 0.3 is 0 Å². The Morgan fingerprint density at radius 2 is 1.90 bits per heavy atom. The van der Waals surface area contributed by atoms with Crippen LogP contribution in [-0.2, 0) is 0 Å². The Bertz CT molecular complexity index is 358. The van der Waals surface area contributed by atoms with E-state index in [0.717, 1.165) is 5.92 Å². The zero-order chi connectivity index (χ0) is 15.1. The molecule has 2 atom stereocenters. The summed E-state index contributed by atoms with van der Waals surface area (Å²) in [5.41, 5.74) is 5.06. The Balaban J connectivity index is 2.03. The Labute approximate surface area is 132 Å². The third-order valence-electron chi connectivity index (χ3n) is 5.87. The molecule has 2 unspecified atom stereocenters. The molecule has 1 spiro atoms. The molecule has 2 rings (SSSR count). The molecule has 0 aromatic carbocycles. The molecule has 2 aliphatic rings. The molecule has 0 radical (unpaired) electrons. The molecule has 1 saturated carbocycles. The molecule has 21 heavy (non-hydrogen) atoms. The van der Waals surface area contributed by atoms with E-state index in [1.807, 2.05) is 0 Å². The highest BCUT2D eigenvalue weighted by Crippen LogP contribution is 2.50. The fourth-order valence-electron chi connectivity index (χ4n) is 4.69. The predicted molar refractivity (Wildman–Crippen MR) is 92.3 cm³/mol. The predicted octanol–water partition coefficient (Wildman–Crippen LogP) is 5.96. The number of hydrogen-bond acceptors (Lipinski definition) is 1. The largest absolute Gasteiger partial charge is 0.379 e. The third kappa shape index (κ3) is 3.95. The van der Waals surface area contributed by atoms with E-state index in [1.54, 1.807) is 0 Å². The quantitative estimate of drug-likeness (QED) is 0.450. The number of rotatable bonds is 7. The SMILES string of the molecule is C=C=C1NC(C(CCC)CCCCC)CC12CCCCC2. The van der Waals surface area contributed by atoms with Gasteiger partial charge in [0.1, 0.15) is 0 Å². The molecule has 1 aliphatic carbocycles. The minimum absolute atomic E-state index is 0.418. The molecular weight excluding hydrogens is 254 g/mol. The lowest BCUT2D eigenvalue weighted by molar-refractivity contribution is 0.223. The van der Waals surface area contributed by atoms with Gasteiger partial charge in [-0.15, -0.1) is 5.73 Å². The van der Waals surface area contributed by atoms with Crippen LogP contribution < -0.4 is 5.32 Å². The molecule has 1 heteroatoms. The lowest BCUT2D eigenvalue weighted by Crippen LogP contribution is -2.29. The molecule has 0 aromatic rings. The van der Waals surface area contributed by atoms with Crippen LogP contribution in [0, 0.1) is 11.3 Å². The molecule has 1 saturated heterocycles. The first-order chi connectivity index (χ1) is 10.3. The van der Waals surface area contributed by atoms with Gasteiger partial charge in [0.15, 0.2) is 0 Å². The van der Waals surface area contributed by atoms with E-state index in [1.165, 1.54) is 82.7 Å². The number of hydrogen-bond donors (Lipinski definition) is 1. The summed E-state index contributed by atoms with van der Waals surface area (Å²) in [6.07, 6.45) is 16.5. The zero-order valence-electron chi connectivity index (χ0n) is 14.3. The van der Waals surface area contributed by atoms with Crippen molar-refractivity contribution in [1.82, 2.24) is 5.32 Å². The van der Waals surface area contributed by atoms with E-state index < -0.39 is 0 Å². The Morgan fingerprint density at radius 3 is 2.52 bits per heavy atom. The van der Waals surface area contributed by atoms with Gasteiger partial charge in [0.25, 0.3) is 0 Å². The molecule has 120 valence electrons. The molecule has 1 heterocycles. The number of unbranched alkanes of at least 4 members (excludes halogenated alkanes) is 2. The summed E-state index contributed by atoms with van der Waals surface area (Å²) in [4.78, 5) is 0. The van der Waals surface area contributed by atoms with Crippen molar-refractivity contribution in [1.29, 1.82) is 0 Å². The van der Waals surface area contributed by atoms with Crippen molar-refractivity contribution in [2.75, 3.05) is 0 Å². The standard InChI is InChI=1S/C20H35N/c1-4-7-9-13-17(12-5-2)18-16-20(19(6-3)21-18)14-10-8-11-15-20/h17-18,21H,3-5,7-16H2,1-2H3. The number of nitrogens with one attached hydrogen (secondary N) is 1. The van der Waals surface area contributed by atoms with Crippen LogP contribution in [-0.4, -0.2) is 6.04 Å². The van der Waals surface area contributed by atoms with Crippen molar-refractivity contribution in [3.8, 4) is 0 Å². The topological polar surface area (TPSA) is 12.0 Å². The van der Waals surface area contributed by atoms with Crippen molar-refractivity contribution < 1.29 is 0 Å². The molecule has 2 fully saturated rings. The van der Waals surface area contributed by atoms with Crippen LogP contribution in [0.5, 0.6) is 0 Å². The van der Waals surface area contributed by atoms with E-state index in [9.17, 15) is 0 Å². The van der Waals surface area contributed by atoms with Gasteiger partial charge < -0.3 is 5.32 Å². The lowest BCUT2D eigenvalue weighted by atomic mass is 9.69. The monoisotopic (exact) mass is 289 g/mol. The molecule has 0 bridgehead atoms. The molecule has 1 aliphatic heterocycles. The maximum absolute atomic E-state index is 3.98. The second-order valence-corrected chi connectivity index (χ2v) is 7.39. The van der Waals surface area contributed by atoms with Crippen LogP contribution in [0.3, 0.4) is 0 Å². The van der Waals surface area contributed by atoms with E-state index >= 15 is 0 Å². The first kappa shape index (κ1) is 16.7. The van der Waals surface area contributed by atoms with Crippen LogP contribution in [0.2, 0.25) is 0 Å². The Kier molecular flexibility index (Phi) is 6.42. The van der Waals surface area contributed by atoms with Gasteiger partial charge in [-0.2, -0.15) is 0 Å². The van der Waals surface area contributed by atoms with E-state index in [4.69, 9.17) is 0 Å². The molecule has 1 N–H and O–H groups in total. The number of allylic oxidation sites excluding steroid dienone is 1. The summed E-state index contributed by atoms with van der Waals surface area (Å²) < 4.78 is 0.